The van der Waals surface area contributed by atoms with Gasteiger partial charge in [-0.2, -0.15) is 0 Å². The van der Waals surface area contributed by atoms with E-state index in [1.807, 2.05) is 22.9 Å². The van der Waals surface area contributed by atoms with Gasteiger partial charge in [0.1, 0.15) is 5.82 Å². The highest BCUT2D eigenvalue weighted by Gasteiger charge is 2.05. The van der Waals surface area contributed by atoms with E-state index in [2.05, 4.69) is 11.9 Å². The zero-order chi connectivity index (χ0) is 14.3. The van der Waals surface area contributed by atoms with Crippen molar-refractivity contribution in [1.82, 2.24) is 9.55 Å². The molecule has 19 heavy (non-hydrogen) atoms. The lowest BCUT2D eigenvalue weighted by Crippen LogP contribution is -2.04. The van der Waals surface area contributed by atoms with Gasteiger partial charge in [-0.1, -0.05) is 19.1 Å². The van der Waals surface area contributed by atoms with Gasteiger partial charge in [0.15, 0.2) is 0 Å². The van der Waals surface area contributed by atoms with Crippen LogP contribution in [0.4, 0.5) is 4.39 Å². The Bertz CT molecular complexity index is 495. The topological polar surface area (TPSA) is 81.2 Å². The molecule has 0 amide bonds. The predicted octanol–water partition coefficient (Wildman–Crippen LogP) is 2.48. The summed E-state index contributed by atoms with van der Waals surface area (Å²) in [6, 6.07) is 6.66. The molecule has 0 bridgehead atoms. The fourth-order valence-electron chi connectivity index (χ4n) is 1.61. The highest BCUT2D eigenvalue weighted by molar-refractivity contribution is 5.19. The maximum absolute atomic E-state index is 12.7. The molecule has 1 N–H and O–H groups in total. The molecule has 0 saturated carbocycles. The van der Waals surface area contributed by atoms with Crippen molar-refractivity contribution in [2.24, 2.45) is 0 Å². The number of imidazole rings is 1. The molecule has 1 atom stereocenters. The minimum absolute atomic E-state index is 0.186. The lowest BCUT2D eigenvalue weighted by atomic mass is 10.0. The quantitative estimate of drug-likeness (QED) is 0.684. The van der Waals surface area contributed by atoms with Gasteiger partial charge in [0.05, 0.1) is 6.33 Å². The molecule has 1 heterocycles. The Morgan fingerprint density at radius 2 is 2.05 bits per heavy atom. The van der Waals surface area contributed by atoms with Gasteiger partial charge in [-0.05, 0) is 23.6 Å². The predicted molar refractivity (Wildman–Crippen MR) is 65.8 cm³/mol. The van der Waals surface area contributed by atoms with E-state index in [0.717, 1.165) is 12.1 Å². The first-order chi connectivity index (χ1) is 8.99. The molecular weight excluding hydrogens is 253 g/mol. The van der Waals surface area contributed by atoms with Crippen molar-refractivity contribution in [2.45, 2.75) is 19.4 Å². The largest absolute Gasteiger partial charge is 0.337 e. The zero-order valence-electron chi connectivity index (χ0n) is 10.3. The van der Waals surface area contributed by atoms with Crippen LogP contribution < -0.4 is 0 Å². The van der Waals surface area contributed by atoms with Crippen molar-refractivity contribution in [3.63, 3.8) is 0 Å². The van der Waals surface area contributed by atoms with Crippen LogP contribution in [0, 0.1) is 15.9 Å². The van der Waals surface area contributed by atoms with Crippen molar-refractivity contribution in [3.8, 4) is 0 Å². The van der Waals surface area contributed by atoms with Gasteiger partial charge in [-0.15, -0.1) is 10.1 Å². The summed E-state index contributed by atoms with van der Waals surface area (Å²) in [5, 5.41) is 13.6. The lowest BCUT2D eigenvalue weighted by molar-refractivity contribution is -0.742. The van der Waals surface area contributed by atoms with Gasteiger partial charge in [0.25, 0.3) is 5.09 Å². The molecule has 0 radical (unpaired) electrons. The minimum atomic E-state index is -1.50. The normalized spacial score (nSPS) is 11.3. The van der Waals surface area contributed by atoms with E-state index in [-0.39, 0.29) is 5.82 Å². The van der Waals surface area contributed by atoms with Crippen LogP contribution in [0.3, 0.4) is 0 Å². The molecule has 0 saturated heterocycles. The fraction of sp³-hybridized carbons (Fsp3) is 0.250. The first-order valence-electron chi connectivity index (χ1n) is 5.53. The Kier molecular flexibility index (Phi) is 5.46. The number of benzene rings is 1. The summed E-state index contributed by atoms with van der Waals surface area (Å²) in [6.45, 7) is 2.98. The summed E-state index contributed by atoms with van der Waals surface area (Å²) in [7, 11) is 0. The van der Waals surface area contributed by atoms with Crippen LogP contribution in [0.1, 0.15) is 18.4 Å². The second kappa shape index (κ2) is 7.10. The van der Waals surface area contributed by atoms with E-state index < -0.39 is 5.09 Å². The van der Waals surface area contributed by atoms with Gasteiger partial charge in [-0.3, -0.25) is 0 Å². The summed E-state index contributed by atoms with van der Waals surface area (Å²) in [4.78, 5) is 12.3. The van der Waals surface area contributed by atoms with Crippen molar-refractivity contribution in [1.29, 1.82) is 0 Å². The van der Waals surface area contributed by atoms with E-state index >= 15 is 0 Å². The highest BCUT2D eigenvalue weighted by atomic mass is 19.1. The Morgan fingerprint density at radius 3 is 2.53 bits per heavy atom. The van der Waals surface area contributed by atoms with Crippen LogP contribution in [0.5, 0.6) is 0 Å². The summed E-state index contributed by atoms with van der Waals surface area (Å²) >= 11 is 0. The van der Waals surface area contributed by atoms with Gasteiger partial charge in [-0.25, -0.2) is 9.37 Å². The van der Waals surface area contributed by atoms with Gasteiger partial charge < -0.3 is 9.77 Å². The third-order valence-corrected chi connectivity index (χ3v) is 2.48. The number of nitrogens with zero attached hydrogens (tertiary/aromatic N) is 3. The summed E-state index contributed by atoms with van der Waals surface area (Å²) in [6.07, 6.45) is 5.48. The van der Waals surface area contributed by atoms with Crippen LogP contribution >= 0.6 is 0 Å². The summed E-state index contributed by atoms with van der Waals surface area (Å²) < 4.78 is 14.7. The number of hydrogen-bond donors (Lipinski definition) is 1. The molecule has 7 heteroatoms. The smallest absolute Gasteiger partial charge is 0.291 e. The standard InChI is InChI=1S/C12H13FN2.HNO3/c1-10(8-15-7-6-14-9-15)11-2-4-12(13)5-3-11;2-1(3)4/h2-7,9-10H,8H2,1H3;(H,2,3,4). The van der Waals surface area contributed by atoms with E-state index in [0.29, 0.717) is 5.92 Å². The fourth-order valence-corrected chi connectivity index (χ4v) is 1.61. The van der Waals surface area contributed by atoms with E-state index in [1.165, 1.54) is 12.1 Å². The number of rotatable bonds is 3. The molecule has 0 aliphatic carbocycles. The maximum Gasteiger partial charge on any atom is 0.291 e. The minimum Gasteiger partial charge on any atom is -0.337 e. The number of halogens is 1. The number of aromatic nitrogens is 2. The van der Waals surface area contributed by atoms with Crippen molar-refractivity contribution in [3.05, 3.63) is 64.5 Å². The van der Waals surface area contributed by atoms with E-state index in [9.17, 15) is 4.39 Å². The molecule has 0 aliphatic heterocycles. The molecule has 1 unspecified atom stereocenters. The first kappa shape index (κ1) is 14.6. The highest BCUT2D eigenvalue weighted by Crippen LogP contribution is 2.17. The Hall–Kier alpha value is -2.44. The molecule has 2 aromatic rings. The van der Waals surface area contributed by atoms with E-state index in [4.69, 9.17) is 15.3 Å². The average Bonchev–Trinajstić information content (AvgIpc) is 2.82. The van der Waals surface area contributed by atoms with Crippen molar-refractivity contribution in [2.75, 3.05) is 0 Å². The molecule has 0 fully saturated rings. The molecule has 6 nitrogen and oxygen atoms in total. The van der Waals surface area contributed by atoms with Crippen LogP contribution in [0.15, 0.2) is 43.0 Å². The SMILES string of the molecule is CC(Cn1ccnc1)c1ccc(F)cc1.O=[N+]([O-])O. The maximum atomic E-state index is 12.7. The van der Waals surface area contributed by atoms with Crippen LogP contribution in [0.25, 0.3) is 0 Å². The molecule has 2 rings (SSSR count). The Morgan fingerprint density at radius 1 is 1.47 bits per heavy atom. The molecule has 102 valence electrons. The molecule has 0 spiro atoms. The Labute approximate surface area is 109 Å². The van der Waals surface area contributed by atoms with Crippen LogP contribution in [0.2, 0.25) is 0 Å². The second-order valence-electron chi connectivity index (χ2n) is 3.95. The Balaban J connectivity index is 0.000000399. The van der Waals surface area contributed by atoms with Gasteiger partial charge in [0.2, 0.25) is 0 Å². The summed E-state index contributed by atoms with van der Waals surface area (Å²) in [5.41, 5.74) is 1.14. The first-order valence-corrected chi connectivity index (χ1v) is 5.53. The van der Waals surface area contributed by atoms with Gasteiger partial charge in [0, 0.05) is 18.9 Å². The van der Waals surface area contributed by atoms with Crippen molar-refractivity contribution >= 4 is 0 Å². The van der Waals surface area contributed by atoms with E-state index in [1.54, 1.807) is 12.5 Å². The average molecular weight is 267 g/mol. The molecule has 0 aliphatic rings. The molecule has 1 aromatic carbocycles. The molecular formula is C12H14FN3O3. The van der Waals surface area contributed by atoms with Crippen molar-refractivity contribution < 1.29 is 14.7 Å². The monoisotopic (exact) mass is 267 g/mol. The van der Waals surface area contributed by atoms with Crippen LogP contribution in [-0.2, 0) is 6.54 Å². The molecule has 1 aromatic heterocycles. The summed E-state index contributed by atoms with van der Waals surface area (Å²) in [5.74, 6) is 0.174. The van der Waals surface area contributed by atoms with Crippen LogP contribution in [-0.4, -0.2) is 19.8 Å². The lowest BCUT2D eigenvalue weighted by Gasteiger charge is -2.12. The third-order valence-electron chi connectivity index (χ3n) is 2.48. The third kappa shape index (κ3) is 5.62. The van der Waals surface area contributed by atoms with Gasteiger partial charge >= 0.3 is 0 Å². The zero-order valence-corrected chi connectivity index (χ0v) is 10.3. The number of hydrogen-bond acceptors (Lipinski definition) is 3. The second-order valence-corrected chi connectivity index (χ2v) is 3.95.